The molecule has 0 radical (unpaired) electrons. The van der Waals surface area contributed by atoms with E-state index in [1.165, 1.54) is 0 Å². The van der Waals surface area contributed by atoms with Crippen molar-refractivity contribution in [3.05, 3.63) is 58.2 Å². The first-order valence-electron chi connectivity index (χ1n) is 12.0. The molecule has 0 aromatic carbocycles. The highest BCUT2D eigenvalue weighted by Gasteiger charge is 2.30. The Balaban J connectivity index is 1.55. The van der Waals surface area contributed by atoms with Crippen LogP contribution in [0.3, 0.4) is 0 Å². The third kappa shape index (κ3) is 4.68. The fourth-order valence-electron chi connectivity index (χ4n) is 4.13. The SMILES string of the molecule is CCC(C)n1c(=O)c(NCc2ccc([S+](C)[O-])nc2)nc2cnc(-c3c(C)ncnc3C3CC3)nc21. The molecule has 11 heteroatoms. The van der Waals surface area contributed by atoms with Gasteiger partial charge >= 0.3 is 0 Å². The van der Waals surface area contributed by atoms with Crippen molar-refractivity contribution in [1.29, 1.82) is 0 Å². The molecular weight excluding hydrogens is 476 g/mol. The zero-order valence-corrected chi connectivity index (χ0v) is 21.5. The molecule has 1 saturated carbocycles. The largest absolute Gasteiger partial charge is 0.610 e. The van der Waals surface area contributed by atoms with Crippen molar-refractivity contribution in [1.82, 2.24) is 34.5 Å². The Kier molecular flexibility index (Phi) is 6.67. The molecule has 2 unspecified atom stereocenters. The van der Waals surface area contributed by atoms with Crippen molar-refractivity contribution >= 4 is 28.2 Å². The number of hydrogen-bond acceptors (Lipinski definition) is 9. The van der Waals surface area contributed by atoms with Crippen LogP contribution in [0.4, 0.5) is 5.82 Å². The summed E-state index contributed by atoms with van der Waals surface area (Å²) in [4.78, 5) is 40.7. The number of anilines is 1. The smallest absolute Gasteiger partial charge is 0.295 e. The summed E-state index contributed by atoms with van der Waals surface area (Å²) in [7, 11) is 0. The predicted octanol–water partition coefficient (Wildman–Crippen LogP) is 3.54. The van der Waals surface area contributed by atoms with Crippen LogP contribution in [-0.4, -0.2) is 45.3 Å². The first kappa shape index (κ1) is 24.3. The fourth-order valence-corrected chi connectivity index (χ4v) is 4.60. The van der Waals surface area contributed by atoms with E-state index in [4.69, 9.17) is 4.98 Å². The highest BCUT2D eigenvalue weighted by atomic mass is 32.2. The van der Waals surface area contributed by atoms with E-state index in [1.54, 1.807) is 35.6 Å². The van der Waals surface area contributed by atoms with E-state index in [2.05, 4.69) is 30.2 Å². The minimum absolute atomic E-state index is 0.0946. The summed E-state index contributed by atoms with van der Waals surface area (Å²) in [5.41, 5.74) is 4.25. The maximum Gasteiger partial charge on any atom is 0.295 e. The van der Waals surface area contributed by atoms with E-state index in [9.17, 15) is 9.35 Å². The molecule has 4 aromatic heterocycles. The molecule has 1 fully saturated rings. The van der Waals surface area contributed by atoms with E-state index < -0.39 is 11.2 Å². The monoisotopic (exact) mass is 504 g/mol. The van der Waals surface area contributed by atoms with Gasteiger partial charge in [-0.3, -0.25) is 9.36 Å². The Labute approximate surface area is 211 Å². The van der Waals surface area contributed by atoms with Crippen LogP contribution in [0.5, 0.6) is 0 Å². The molecule has 5 rings (SSSR count). The summed E-state index contributed by atoms with van der Waals surface area (Å²) < 4.78 is 13.3. The summed E-state index contributed by atoms with van der Waals surface area (Å²) in [5.74, 6) is 1.14. The van der Waals surface area contributed by atoms with Gasteiger partial charge in [0.2, 0.25) is 5.03 Å². The molecule has 1 aliphatic rings. The Morgan fingerprint density at radius 3 is 2.64 bits per heavy atom. The number of aryl methyl sites for hydroxylation is 1. The second kappa shape index (κ2) is 9.90. The Morgan fingerprint density at radius 1 is 1.17 bits per heavy atom. The maximum absolute atomic E-state index is 13.5. The Bertz CT molecular complexity index is 1470. The van der Waals surface area contributed by atoms with E-state index >= 15 is 0 Å². The summed E-state index contributed by atoms with van der Waals surface area (Å²) in [6, 6.07) is 3.46. The zero-order chi connectivity index (χ0) is 25.4. The van der Waals surface area contributed by atoms with E-state index in [0.29, 0.717) is 34.5 Å². The van der Waals surface area contributed by atoms with Crippen LogP contribution in [-0.2, 0) is 17.7 Å². The highest BCUT2D eigenvalue weighted by Crippen LogP contribution is 2.43. The van der Waals surface area contributed by atoms with Crippen molar-refractivity contribution in [3.8, 4) is 11.4 Å². The van der Waals surface area contributed by atoms with E-state index in [-0.39, 0.29) is 17.4 Å². The first-order chi connectivity index (χ1) is 17.4. The molecule has 10 nitrogen and oxygen atoms in total. The molecular formula is C25H28N8O2S. The van der Waals surface area contributed by atoms with Gasteiger partial charge in [-0.25, -0.2) is 29.9 Å². The van der Waals surface area contributed by atoms with Gasteiger partial charge < -0.3 is 9.87 Å². The lowest BCUT2D eigenvalue weighted by atomic mass is 10.1. The second-order valence-electron chi connectivity index (χ2n) is 9.10. The van der Waals surface area contributed by atoms with Crippen LogP contribution in [0.15, 0.2) is 40.7 Å². The van der Waals surface area contributed by atoms with Gasteiger partial charge in [-0.15, -0.1) is 0 Å². The molecule has 1 N–H and O–H groups in total. The number of nitrogens with zero attached hydrogens (tertiary/aromatic N) is 7. The van der Waals surface area contributed by atoms with Crippen LogP contribution in [0.2, 0.25) is 0 Å². The molecule has 36 heavy (non-hydrogen) atoms. The lowest BCUT2D eigenvalue weighted by Gasteiger charge is -2.18. The van der Waals surface area contributed by atoms with Crippen molar-refractivity contribution in [2.75, 3.05) is 11.6 Å². The molecule has 0 saturated heterocycles. The molecule has 0 amide bonds. The van der Waals surface area contributed by atoms with Crippen LogP contribution >= 0.6 is 0 Å². The lowest BCUT2D eigenvalue weighted by molar-refractivity contribution is 0.526. The van der Waals surface area contributed by atoms with Crippen molar-refractivity contribution in [2.45, 2.75) is 63.6 Å². The van der Waals surface area contributed by atoms with Crippen LogP contribution in [0.25, 0.3) is 22.6 Å². The molecule has 1 aliphatic carbocycles. The Morgan fingerprint density at radius 2 is 1.97 bits per heavy atom. The molecule has 4 aromatic rings. The van der Waals surface area contributed by atoms with Crippen molar-refractivity contribution in [3.63, 3.8) is 0 Å². The first-order valence-corrected chi connectivity index (χ1v) is 13.6. The lowest BCUT2D eigenvalue weighted by Crippen LogP contribution is -2.28. The minimum Gasteiger partial charge on any atom is -0.610 e. The number of rotatable bonds is 8. The Hall–Kier alpha value is -3.44. The molecule has 4 heterocycles. The number of fused-ring (bicyclic) bond motifs is 1. The van der Waals surface area contributed by atoms with Crippen molar-refractivity contribution in [2.24, 2.45) is 0 Å². The number of pyridine rings is 1. The van der Waals surface area contributed by atoms with Gasteiger partial charge in [-0.2, -0.15) is 0 Å². The molecule has 0 spiro atoms. The molecule has 2 atom stereocenters. The van der Waals surface area contributed by atoms with Crippen LogP contribution in [0.1, 0.15) is 62.0 Å². The fraction of sp³-hybridized carbons (Fsp3) is 0.400. The average Bonchev–Trinajstić information content (AvgIpc) is 3.72. The van der Waals surface area contributed by atoms with Crippen LogP contribution < -0.4 is 10.9 Å². The molecule has 186 valence electrons. The third-order valence-electron chi connectivity index (χ3n) is 6.47. The van der Waals surface area contributed by atoms with E-state index in [1.807, 2.05) is 26.8 Å². The molecule has 0 bridgehead atoms. The topological polar surface area (TPSA) is 134 Å². The summed E-state index contributed by atoms with van der Waals surface area (Å²) in [6.45, 7) is 6.31. The van der Waals surface area contributed by atoms with Crippen molar-refractivity contribution < 1.29 is 4.55 Å². The number of nitrogens with one attached hydrogen (secondary N) is 1. The maximum atomic E-state index is 13.5. The standard InChI is InChI=1S/C25H28N8O2S/c1-5-14(2)33-24-18(12-28-22(32-24)20-15(3)29-13-30-21(20)17-7-8-17)31-23(25(33)34)27-11-16-6-9-19(26-10-16)36(4)35/h6,9-10,12-14,17H,5,7-8,11H2,1-4H3,(H,27,31). The van der Waals surface area contributed by atoms with Gasteiger partial charge in [0, 0.05) is 41.9 Å². The summed E-state index contributed by atoms with van der Waals surface area (Å²) in [6.07, 6.45) is 9.43. The third-order valence-corrected chi connectivity index (χ3v) is 7.30. The van der Waals surface area contributed by atoms with Crippen LogP contribution in [0, 0.1) is 6.92 Å². The number of hydrogen-bond donors (Lipinski definition) is 1. The van der Waals surface area contributed by atoms with Gasteiger partial charge in [0.25, 0.3) is 5.56 Å². The zero-order valence-electron chi connectivity index (χ0n) is 20.7. The van der Waals surface area contributed by atoms with Gasteiger partial charge in [-0.1, -0.05) is 6.92 Å². The predicted molar refractivity (Wildman–Crippen MR) is 138 cm³/mol. The number of aromatic nitrogens is 7. The highest BCUT2D eigenvalue weighted by molar-refractivity contribution is 7.90. The second-order valence-corrected chi connectivity index (χ2v) is 10.4. The summed E-state index contributed by atoms with van der Waals surface area (Å²) >= 11 is -1.14. The summed E-state index contributed by atoms with van der Waals surface area (Å²) in [5, 5.41) is 3.65. The van der Waals surface area contributed by atoms with Gasteiger partial charge in [0.05, 0.1) is 23.1 Å². The van der Waals surface area contributed by atoms with Gasteiger partial charge in [0.15, 0.2) is 17.3 Å². The van der Waals surface area contributed by atoms with Gasteiger partial charge in [-0.05, 0) is 44.7 Å². The van der Waals surface area contributed by atoms with Gasteiger partial charge in [0.1, 0.15) is 18.1 Å². The minimum atomic E-state index is -1.14. The molecule has 0 aliphatic heterocycles. The normalized spacial score (nSPS) is 15.1. The van der Waals surface area contributed by atoms with E-state index in [0.717, 1.165) is 41.8 Å². The average molecular weight is 505 g/mol. The quantitative estimate of drug-likeness (QED) is 0.357.